The van der Waals surface area contributed by atoms with E-state index in [-0.39, 0.29) is 18.3 Å². The number of benzene rings is 1. The molecule has 1 aromatic rings. The Morgan fingerprint density at radius 3 is 2.75 bits per heavy atom. The number of carbonyl (C=O) groups is 1. The van der Waals surface area contributed by atoms with Crippen molar-refractivity contribution in [2.24, 2.45) is 0 Å². The lowest BCUT2D eigenvalue weighted by atomic mass is 9.87. The van der Waals surface area contributed by atoms with Gasteiger partial charge >= 0.3 is 0 Å². The van der Waals surface area contributed by atoms with Crippen LogP contribution < -0.4 is 10.6 Å². The fraction of sp³-hybridized carbons (Fsp3) is 0.533. The molecular formula is C15H23ClN2O2. The number of methoxy groups -OCH3 is 1. The molecule has 1 aliphatic heterocycles. The Kier molecular flexibility index (Phi) is 7.59. The van der Waals surface area contributed by atoms with Crippen LogP contribution in [0.3, 0.4) is 0 Å². The zero-order valence-electron chi connectivity index (χ0n) is 11.9. The Hall–Kier alpha value is -1.10. The average Bonchev–Trinajstić information content (AvgIpc) is 2.48. The molecule has 20 heavy (non-hydrogen) atoms. The topological polar surface area (TPSA) is 50.4 Å². The predicted molar refractivity (Wildman–Crippen MR) is 82.7 cm³/mol. The molecule has 1 amide bonds. The van der Waals surface area contributed by atoms with Crippen LogP contribution in [-0.4, -0.2) is 39.3 Å². The minimum absolute atomic E-state index is 0. The van der Waals surface area contributed by atoms with E-state index in [9.17, 15) is 4.79 Å². The molecule has 2 N–H and O–H groups in total. The van der Waals surface area contributed by atoms with Crippen molar-refractivity contribution in [2.75, 3.05) is 33.4 Å². The Morgan fingerprint density at radius 1 is 1.35 bits per heavy atom. The lowest BCUT2D eigenvalue weighted by molar-refractivity contribution is 0.0935. The van der Waals surface area contributed by atoms with Crippen molar-refractivity contribution in [2.45, 2.75) is 18.8 Å². The van der Waals surface area contributed by atoms with Crippen LogP contribution in [0.4, 0.5) is 0 Å². The van der Waals surface area contributed by atoms with Crippen molar-refractivity contribution < 1.29 is 9.53 Å². The molecule has 0 atom stereocenters. The number of hydrogen-bond acceptors (Lipinski definition) is 3. The first kappa shape index (κ1) is 17.0. The third kappa shape index (κ3) is 4.47. The molecule has 1 aromatic carbocycles. The maximum absolute atomic E-state index is 12.2. The molecule has 112 valence electrons. The third-order valence-electron chi connectivity index (χ3n) is 3.58. The smallest absolute Gasteiger partial charge is 0.251 e. The largest absolute Gasteiger partial charge is 0.383 e. The zero-order valence-corrected chi connectivity index (χ0v) is 12.7. The molecule has 0 spiro atoms. The molecule has 0 saturated carbocycles. The molecule has 0 aromatic heterocycles. The van der Waals surface area contributed by atoms with E-state index in [1.54, 1.807) is 7.11 Å². The van der Waals surface area contributed by atoms with Crippen LogP contribution in [0.5, 0.6) is 0 Å². The normalized spacial score (nSPS) is 15.4. The number of amides is 1. The van der Waals surface area contributed by atoms with Gasteiger partial charge < -0.3 is 15.4 Å². The van der Waals surface area contributed by atoms with E-state index in [1.807, 2.05) is 18.2 Å². The van der Waals surface area contributed by atoms with Gasteiger partial charge in [-0.2, -0.15) is 0 Å². The summed E-state index contributed by atoms with van der Waals surface area (Å²) in [6.45, 7) is 3.16. The summed E-state index contributed by atoms with van der Waals surface area (Å²) in [4.78, 5) is 12.2. The minimum Gasteiger partial charge on any atom is -0.383 e. The van der Waals surface area contributed by atoms with Gasteiger partial charge in [-0.05, 0) is 43.5 Å². The van der Waals surface area contributed by atoms with Crippen molar-refractivity contribution in [3.63, 3.8) is 0 Å². The molecule has 1 fully saturated rings. The molecule has 5 heteroatoms. The van der Waals surface area contributed by atoms with E-state index in [4.69, 9.17) is 4.74 Å². The maximum atomic E-state index is 12.2. The quantitative estimate of drug-likeness (QED) is 0.817. The molecule has 0 bridgehead atoms. The summed E-state index contributed by atoms with van der Waals surface area (Å²) < 4.78 is 4.95. The van der Waals surface area contributed by atoms with Crippen molar-refractivity contribution in [1.29, 1.82) is 0 Å². The van der Waals surface area contributed by atoms with Crippen molar-refractivity contribution in [3.8, 4) is 0 Å². The molecular weight excluding hydrogens is 276 g/mol. The van der Waals surface area contributed by atoms with Crippen LogP contribution in [0.2, 0.25) is 0 Å². The van der Waals surface area contributed by atoms with E-state index >= 15 is 0 Å². The highest BCUT2D eigenvalue weighted by Crippen LogP contribution is 2.27. The minimum atomic E-state index is 0. The highest BCUT2D eigenvalue weighted by atomic mass is 35.5. The fourth-order valence-electron chi connectivity index (χ4n) is 2.55. The summed E-state index contributed by atoms with van der Waals surface area (Å²) in [5.41, 5.74) is 1.99. The zero-order chi connectivity index (χ0) is 13.5. The summed E-state index contributed by atoms with van der Waals surface area (Å²) in [5, 5.41) is 6.26. The number of ether oxygens (including phenoxy) is 1. The van der Waals surface area contributed by atoms with E-state index < -0.39 is 0 Å². The number of nitrogens with one attached hydrogen (secondary N) is 2. The van der Waals surface area contributed by atoms with Gasteiger partial charge in [-0.1, -0.05) is 18.2 Å². The standard InChI is InChI=1S/C15H22N2O2.ClH/c1-19-11-10-17-15(18)14-5-3-2-4-13(14)12-6-8-16-9-7-12;/h2-5,12,16H,6-11H2,1H3,(H,17,18);1H. The van der Waals surface area contributed by atoms with E-state index in [1.165, 1.54) is 5.56 Å². The van der Waals surface area contributed by atoms with Crippen LogP contribution in [0.1, 0.15) is 34.7 Å². The molecule has 2 rings (SSSR count). The Morgan fingerprint density at radius 2 is 2.05 bits per heavy atom. The van der Waals surface area contributed by atoms with E-state index in [0.717, 1.165) is 31.5 Å². The van der Waals surface area contributed by atoms with Gasteiger partial charge in [0.25, 0.3) is 5.91 Å². The van der Waals surface area contributed by atoms with E-state index in [2.05, 4.69) is 16.7 Å². The summed E-state index contributed by atoms with van der Waals surface area (Å²) in [5.74, 6) is 0.497. The van der Waals surface area contributed by atoms with Gasteiger partial charge in [0.05, 0.1) is 6.61 Å². The van der Waals surface area contributed by atoms with Crippen LogP contribution >= 0.6 is 12.4 Å². The molecule has 0 unspecified atom stereocenters. The summed E-state index contributed by atoms with van der Waals surface area (Å²) in [7, 11) is 1.63. The SMILES string of the molecule is COCCNC(=O)c1ccccc1C1CCNCC1.Cl. The van der Waals surface area contributed by atoms with Gasteiger partial charge in [0.2, 0.25) is 0 Å². The Balaban J connectivity index is 0.00000200. The number of rotatable bonds is 5. The monoisotopic (exact) mass is 298 g/mol. The molecule has 1 aliphatic rings. The second-order valence-electron chi connectivity index (χ2n) is 4.86. The Labute approximate surface area is 126 Å². The van der Waals surface area contributed by atoms with Crippen LogP contribution in [-0.2, 0) is 4.74 Å². The van der Waals surface area contributed by atoms with Crippen molar-refractivity contribution in [1.82, 2.24) is 10.6 Å². The van der Waals surface area contributed by atoms with Gasteiger partial charge in [-0.15, -0.1) is 12.4 Å². The first-order valence-electron chi connectivity index (χ1n) is 6.89. The van der Waals surface area contributed by atoms with Crippen LogP contribution in [0.25, 0.3) is 0 Å². The van der Waals surface area contributed by atoms with Crippen LogP contribution in [0, 0.1) is 0 Å². The lowest BCUT2D eigenvalue weighted by Gasteiger charge is -2.24. The molecule has 0 radical (unpaired) electrons. The second-order valence-corrected chi connectivity index (χ2v) is 4.86. The van der Waals surface area contributed by atoms with Crippen LogP contribution in [0.15, 0.2) is 24.3 Å². The van der Waals surface area contributed by atoms with Crippen molar-refractivity contribution >= 4 is 18.3 Å². The number of halogens is 1. The first-order chi connectivity index (χ1) is 9.33. The molecule has 1 heterocycles. The summed E-state index contributed by atoms with van der Waals surface area (Å²) in [6, 6.07) is 7.94. The molecule has 4 nitrogen and oxygen atoms in total. The van der Waals surface area contributed by atoms with Gasteiger partial charge in [-0.3, -0.25) is 4.79 Å². The maximum Gasteiger partial charge on any atom is 0.251 e. The van der Waals surface area contributed by atoms with Crippen molar-refractivity contribution in [3.05, 3.63) is 35.4 Å². The Bertz CT molecular complexity index is 420. The average molecular weight is 299 g/mol. The van der Waals surface area contributed by atoms with Gasteiger partial charge in [0.15, 0.2) is 0 Å². The second kappa shape index (κ2) is 8.95. The summed E-state index contributed by atoms with van der Waals surface area (Å²) in [6.07, 6.45) is 2.20. The lowest BCUT2D eigenvalue weighted by Crippen LogP contribution is -2.30. The first-order valence-corrected chi connectivity index (χ1v) is 6.89. The van der Waals surface area contributed by atoms with E-state index in [0.29, 0.717) is 19.1 Å². The summed E-state index contributed by atoms with van der Waals surface area (Å²) >= 11 is 0. The number of hydrogen-bond donors (Lipinski definition) is 2. The van der Waals surface area contributed by atoms with Gasteiger partial charge in [0, 0.05) is 19.2 Å². The fourth-order valence-corrected chi connectivity index (χ4v) is 2.55. The van der Waals surface area contributed by atoms with Gasteiger partial charge in [0.1, 0.15) is 0 Å². The molecule has 1 saturated heterocycles. The number of piperidine rings is 1. The van der Waals surface area contributed by atoms with Gasteiger partial charge in [-0.25, -0.2) is 0 Å². The third-order valence-corrected chi connectivity index (χ3v) is 3.58. The highest BCUT2D eigenvalue weighted by molar-refractivity contribution is 5.95. The highest BCUT2D eigenvalue weighted by Gasteiger charge is 2.20. The predicted octanol–water partition coefficient (Wildman–Crippen LogP) is 1.95. The molecule has 0 aliphatic carbocycles. The number of carbonyl (C=O) groups excluding carboxylic acids is 1.